The van der Waals surface area contributed by atoms with E-state index >= 15 is 0 Å². The molecular weight excluding hydrogens is 344 g/mol. The summed E-state index contributed by atoms with van der Waals surface area (Å²) in [6.07, 6.45) is 7.97. The lowest BCUT2D eigenvalue weighted by Gasteiger charge is -2.35. The summed E-state index contributed by atoms with van der Waals surface area (Å²) in [4.78, 5) is 10.0. The summed E-state index contributed by atoms with van der Waals surface area (Å²) < 4.78 is 0. The van der Waals surface area contributed by atoms with Gasteiger partial charge in [-0.25, -0.2) is 0 Å². The predicted molar refractivity (Wildman–Crippen MR) is 114 cm³/mol. The summed E-state index contributed by atoms with van der Waals surface area (Å²) >= 11 is 0. The van der Waals surface area contributed by atoms with E-state index in [1.165, 1.54) is 35.1 Å². The molecule has 0 atom stereocenters. The van der Waals surface area contributed by atoms with E-state index in [1.54, 1.807) is 7.11 Å². The van der Waals surface area contributed by atoms with E-state index in [2.05, 4.69) is 78.0 Å². The minimum Gasteiger partial charge on any atom is -0.399 e. The Morgan fingerprint density at radius 3 is 2.21 bits per heavy atom. The zero-order valence-corrected chi connectivity index (χ0v) is 16.1. The van der Waals surface area contributed by atoms with Crippen molar-refractivity contribution in [2.75, 3.05) is 13.7 Å². The molecule has 0 radical (unpaired) electrons. The van der Waals surface area contributed by atoms with Crippen molar-refractivity contribution >= 4 is 11.4 Å². The molecule has 3 nitrogen and oxygen atoms in total. The van der Waals surface area contributed by atoms with E-state index in [0.717, 1.165) is 24.4 Å². The lowest BCUT2D eigenvalue weighted by molar-refractivity contribution is 0.213. The van der Waals surface area contributed by atoms with Gasteiger partial charge in [0.25, 0.3) is 0 Å². The van der Waals surface area contributed by atoms with Crippen molar-refractivity contribution in [3.8, 4) is 0 Å². The molecule has 0 spiro atoms. The molecule has 1 saturated carbocycles. The molecule has 1 heterocycles. The lowest BCUT2D eigenvalue weighted by Crippen LogP contribution is -2.29. The van der Waals surface area contributed by atoms with E-state index in [1.807, 2.05) is 0 Å². The Morgan fingerprint density at radius 2 is 1.64 bits per heavy atom. The molecule has 5 rings (SSSR count). The van der Waals surface area contributed by atoms with Crippen LogP contribution in [0.3, 0.4) is 0 Å². The van der Waals surface area contributed by atoms with Crippen LogP contribution in [-0.4, -0.2) is 25.1 Å². The molecule has 0 amide bonds. The Kier molecular flexibility index (Phi) is 4.23. The first-order valence-corrected chi connectivity index (χ1v) is 10.0. The fourth-order valence-corrected chi connectivity index (χ4v) is 4.50. The molecule has 2 aliphatic carbocycles. The number of rotatable bonds is 5. The summed E-state index contributed by atoms with van der Waals surface area (Å²) in [6.45, 7) is 0.756. The zero-order valence-electron chi connectivity index (χ0n) is 16.1. The van der Waals surface area contributed by atoms with Gasteiger partial charge in [0, 0.05) is 16.9 Å². The normalized spacial score (nSPS) is 20.8. The lowest BCUT2D eigenvalue weighted by atomic mass is 9.67. The van der Waals surface area contributed by atoms with Gasteiger partial charge in [0.15, 0.2) is 0 Å². The van der Waals surface area contributed by atoms with Gasteiger partial charge in [0.2, 0.25) is 0 Å². The van der Waals surface area contributed by atoms with Crippen LogP contribution in [0.15, 0.2) is 94.1 Å². The monoisotopic (exact) mass is 368 g/mol. The van der Waals surface area contributed by atoms with Crippen molar-refractivity contribution in [2.45, 2.75) is 24.7 Å². The Balaban J connectivity index is 1.56. The average molecular weight is 368 g/mol. The van der Waals surface area contributed by atoms with Gasteiger partial charge in [-0.3, -0.25) is 4.99 Å². The number of allylic oxidation sites excluding steroid dienone is 3. The molecule has 3 heteroatoms. The number of nitrogens with zero attached hydrogens (tertiary/aromatic N) is 2. The molecule has 0 aromatic heterocycles. The van der Waals surface area contributed by atoms with Crippen molar-refractivity contribution in [2.24, 2.45) is 16.1 Å². The van der Waals surface area contributed by atoms with Gasteiger partial charge in [-0.1, -0.05) is 78.0 Å². The zero-order chi connectivity index (χ0) is 19.0. The van der Waals surface area contributed by atoms with E-state index in [0.29, 0.717) is 5.92 Å². The quantitative estimate of drug-likeness (QED) is 0.534. The molecule has 1 fully saturated rings. The topological polar surface area (TPSA) is 34.0 Å². The second-order valence-corrected chi connectivity index (χ2v) is 7.83. The first-order valence-electron chi connectivity index (χ1n) is 10.0. The van der Waals surface area contributed by atoms with Gasteiger partial charge in [0.05, 0.1) is 12.3 Å². The molecular formula is C25H24N2O. The molecule has 2 aromatic rings. The molecule has 0 unspecified atom stereocenters. The molecule has 1 aliphatic heterocycles. The van der Waals surface area contributed by atoms with Crippen LogP contribution in [0.5, 0.6) is 0 Å². The smallest absolute Gasteiger partial charge is 0.109 e. The Morgan fingerprint density at radius 1 is 1.00 bits per heavy atom. The first kappa shape index (κ1) is 17.2. The molecule has 0 saturated heterocycles. The maximum absolute atomic E-state index is 5.14. The molecule has 140 valence electrons. The fourth-order valence-electron chi connectivity index (χ4n) is 4.50. The van der Waals surface area contributed by atoms with Gasteiger partial charge >= 0.3 is 0 Å². The molecule has 28 heavy (non-hydrogen) atoms. The first-order chi connectivity index (χ1) is 13.8. The number of hydrogen-bond acceptors (Lipinski definition) is 3. The molecule has 2 aromatic carbocycles. The van der Waals surface area contributed by atoms with Crippen molar-refractivity contribution in [3.05, 3.63) is 95.1 Å². The third-order valence-corrected chi connectivity index (χ3v) is 6.06. The average Bonchev–Trinajstić information content (AvgIpc) is 3.52. The van der Waals surface area contributed by atoms with Crippen LogP contribution < -0.4 is 0 Å². The number of oxime groups is 1. The van der Waals surface area contributed by atoms with Crippen LogP contribution in [0.4, 0.5) is 0 Å². The fraction of sp³-hybridized carbons (Fsp3) is 0.280. The maximum Gasteiger partial charge on any atom is 0.109 e. The van der Waals surface area contributed by atoms with Gasteiger partial charge in [0.1, 0.15) is 12.8 Å². The number of hydrogen-bond donors (Lipinski definition) is 0. The highest BCUT2D eigenvalue weighted by Crippen LogP contribution is 2.45. The van der Waals surface area contributed by atoms with Gasteiger partial charge in [-0.15, -0.1) is 0 Å². The maximum atomic E-state index is 5.14. The highest BCUT2D eigenvalue weighted by molar-refractivity contribution is 6.50. The van der Waals surface area contributed by atoms with Crippen LogP contribution in [0, 0.1) is 5.92 Å². The number of benzene rings is 2. The van der Waals surface area contributed by atoms with Crippen LogP contribution in [0.1, 0.15) is 30.4 Å². The highest BCUT2D eigenvalue weighted by Gasteiger charge is 2.40. The van der Waals surface area contributed by atoms with E-state index in [4.69, 9.17) is 9.83 Å². The van der Waals surface area contributed by atoms with Crippen molar-refractivity contribution < 1.29 is 4.84 Å². The highest BCUT2D eigenvalue weighted by atomic mass is 16.6. The van der Waals surface area contributed by atoms with E-state index in [9.17, 15) is 0 Å². The Hall–Kier alpha value is -2.94. The van der Waals surface area contributed by atoms with Crippen molar-refractivity contribution in [3.63, 3.8) is 0 Å². The van der Waals surface area contributed by atoms with Crippen LogP contribution in [0.25, 0.3) is 0 Å². The summed E-state index contributed by atoms with van der Waals surface area (Å²) in [7, 11) is 1.62. The standard InChI is InChI=1S/C25H24N2O/c1-28-27-23(18-12-13-18)24-22-14-15-25(16-19(22)17-26-24,20-8-4-2-5-9-20)21-10-6-3-7-11-21/h2-11,14-15,18H,12-13,16-17H2,1H3/b27-23+. The minimum absolute atomic E-state index is 0.148. The third-order valence-electron chi connectivity index (χ3n) is 6.06. The Labute approximate surface area is 166 Å². The van der Waals surface area contributed by atoms with Crippen LogP contribution in [-0.2, 0) is 10.3 Å². The van der Waals surface area contributed by atoms with E-state index < -0.39 is 0 Å². The predicted octanol–water partition coefficient (Wildman–Crippen LogP) is 5.10. The van der Waals surface area contributed by atoms with Gasteiger partial charge in [-0.2, -0.15) is 0 Å². The SMILES string of the molecule is CO/N=C(/C1=NCC2=C1C=CC(c1ccccc1)(c1ccccc1)C2)C1CC1. The van der Waals surface area contributed by atoms with Crippen molar-refractivity contribution in [1.82, 2.24) is 0 Å². The summed E-state index contributed by atoms with van der Waals surface area (Å²) in [5, 5.41) is 4.33. The minimum atomic E-state index is -0.148. The largest absolute Gasteiger partial charge is 0.399 e. The second kappa shape index (κ2) is 6.90. The van der Waals surface area contributed by atoms with Crippen LogP contribution in [0.2, 0.25) is 0 Å². The number of aliphatic imine (C=N–C) groups is 1. The van der Waals surface area contributed by atoms with Crippen molar-refractivity contribution in [1.29, 1.82) is 0 Å². The third kappa shape index (κ3) is 2.82. The van der Waals surface area contributed by atoms with Crippen LogP contribution >= 0.6 is 0 Å². The Bertz CT molecular complexity index is 956. The molecule has 0 N–H and O–H groups in total. The summed E-state index contributed by atoms with van der Waals surface area (Å²) in [6, 6.07) is 21.6. The van der Waals surface area contributed by atoms with Gasteiger partial charge < -0.3 is 4.84 Å². The second-order valence-electron chi connectivity index (χ2n) is 7.83. The molecule has 3 aliphatic rings. The van der Waals surface area contributed by atoms with Gasteiger partial charge in [-0.05, 0) is 36.0 Å². The van der Waals surface area contributed by atoms with E-state index in [-0.39, 0.29) is 5.41 Å². The summed E-state index contributed by atoms with van der Waals surface area (Å²) in [5.74, 6) is 0.508. The molecule has 0 bridgehead atoms. The summed E-state index contributed by atoms with van der Waals surface area (Å²) in [5.41, 5.74) is 7.23.